The van der Waals surface area contributed by atoms with Crippen molar-refractivity contribution in [3.8, 4) is 0 Å². The molecule has 0 bridgehead atoms. The number of carboxylic acids is 3. The lowest BCUT2D eigenvalue weighted by atomic mass is 9.94. The van der Waals surface area contributed by atoms with Crippen LogP contribution in [-0.4, -0.2) is 217 Å². The molecular weight excluding hydrogens is 932 g/mol. The Balaban J connectivity index is 2.21. The van der Waals surface area contributed by atoms with Crippen molar-refractivity contribution in [3.05, 3.63) is 0 Å². The molecule has 7 amide bonds. The minimum Gasteiger partial charge on any atom is -0.480 e. The van der Waals surface area contributed by atoms with Gasteiger partial charge in [-0.05, 0) is 46.5 Å². The van der Waals surface area contributed by atoms with E-state index in [9.17, 15) is 78.6 Å². The van der Waals surface area contributed by atoms with Crippen LogP contribution in [-0.2, 0) is 66.9 Å². The maximum atomic E-state index is 13.5. The van der Waals surface area contributed by atoms with Gasteiger partial charge in [-0.2, -0.15) is 0 Å². The number of aliphatic hydroxyl groups is 5. The fourth-order valence-electron chi connectivity index (χ4n) is 6.94. The second-order valence-electron chi connectivity index (χ2n) is 16.3. The zero-order chi connectivity index (χ0) is 52.4. The van der Waals surface area contributed by atoms with E-state index in [0.717, 1.165) is 20.8 Å². The van der Waals surface area contributed by atoms with Gasteiger partial charge in [0, 0.05) is 20.3 Å². The molecule has 69 heavy (non-hydrogen) atoms. The maximum Gasteiger partial charge on any atom is 0.326 e. The van der Waals surface area contributed by atoms with Gasteiger partial charge in [-0.3, -0.25) is 43.2 Å². The Hall–Kier alpha value is -5.70. The molecule has 0 aromatic heterocycles. The first-order valence-electron chi connectivity index (χ1n) is 21.6. The SMILES string of the molecule is CC(=O)NC1C(OC2C(CO)OC(O)C(NC(C)=O)C2OC(C)C(=O)NC(C)C(=O)NC(CCC(=O)NC(CCCC(N)C(=O)O)C(=O)NC(C)C(=O)NCC(=O)O)C(=O)O)OC(CO)C(O)C1O. The number of rotatable bonds is 27. The molecule has 2 heterocycles. The average Bonchev–Trinajstić information content (AvgIpc) is 3.27. The number of hydrogen-bond acceptors (Lipinski definition) is 20. The first kappa shape index (κ1) is 59.4. The Morgan fingerprint density at radius 3 is 1.77 bits per heavy atom. The molecule has 16 unspecified atom stereocenters. The van der Waals surface area contributed by atoms with Crippen LogP contribution in [0, 0.1) is 0 Å². The Kier molecular flexibility index (Phi) is 24.2. The van der Waals surface area contributed by atoms with Crippen molar-refractivity contribution in [2.45, 2.75) is 164 Å². The zero-order valence-corrected chi connectivity index (χ0v) is 38.3. The molecule has 2 rings (SSSR count). The molecule has 2 aliphatic heterocycles. The van der Waals surface area contributed by atoms with E-state index in [1.807, 2.05) is 0 Å². The monoisotopic (exact) mass is 996 g/mol. The lowest BCUT2D eigenvalue weighted by Crippen LogP contribution is -2.70. The summed E-state index contributed by atoms with van der Waals surface area (Å²) in [5.74, 6) is -10.6. The molecule has 2 fully saturated rings. The van der Waals surface area contributed by atoms with Crippen molar-refractivity contribution < 1.29 is 108 Å². The summed E-state index contributed by atoms with van der Waals surface area (Å²) >= 11 is 0. The number of carbonyl (C=O) groups is 10. The highest BCUT2D eigenvalue weighted by atomic mass is 16.7. The quantitative estimate of drug-likeness (QED) is 0.0363. The van der Waals surface area contributed by atoms with Gasteiger partial charge >= 0.3 is 17.9 Å². The zero-order valence-electron chi connectivity index (χ0n) is 38.3. The lowest BCUT2D eigenvalue weighted by Gasteiger charge is -2.48. The minimum atomic E-state index is -1.92. The predicted molar refractivity (Wildman–Crippen MR) is 226 cm³/mol. The van der Waals surface area contributed by atoms with Crippen LogP contribution in [0.4, 0.5) is 0 Å². The van der Waals surface area contributed by atoms with E-state index in [2.05, 4.69) is 37.2 Å². The molecule has 30 nitrogen and oxygen atoms in total. The summed E-state index contributed by atoms with van der Waals surface area (Å²) in [7, 11) is 0. The van der Waals surface area contributed by atoms with Crippen molar-refractivity contribution >= 4 is 59.3 Å². The third kappa shape index (κ3) is 18.6. The number of aliphatic carboxylic acids is 3. The van der Waals surface area contributed by atoms with Gasteiger partial charge in [-0.25, -0.2) is 4.79 Å². The standard InChI is InChI=1S/C39H64N8O22/c1-14(32(57)41-11-25(53)54)43-35(60)20(8-6-7-19(40)36(61)62)46-24(52)10-9-21(37(63)64)47-33(58)15(2)42-34(59)16(3)66-31-27(45-18(5)51)38(65)67-23(13-49)30(31)69-39-26(44-17(4)50)29(56)28(55)22(12-48)68-39/h14-16,19-23,26-31,38-39,48-49,55-56,65H,6-13,40H2,1-5H3,(H,41,57)(H,42,59)(H,43,60)(H,44,50)(H,45,51)(H,46,52)(H,47,58)(H,53,54)(H,61,62)(H,63,64). The van der Waals surface area contributed by atoms with Crippen LogP contribution in [0.1, 0.15) is 66.7 Å². The number of ether oxygens (including phenoxy) is 4. The van der Waals surface area contributed by atoms with Gasteiger partial charge < -0.3 is 103 Å². The maximum absolute atomic E-state index is 13.5. The van der Waals surface area contributed by atoms with E-state index in [-0.39, 0.29) is 19.3 Å². The first-order valence-corrected chi connectivity index (χ1v) is 21.6. The highest BCUT2D eigenvalue weighted by molar-refractivity contribution is 5.93. The fourth-order valence-corrected chi connectivity index (χ4v) is 6.94. The molecular formula is C39H64N8O22. The van der Waals surface area contributed by atoms with Gasteiger partial charge in [0.25, 0.3) is 0 Å². The first-order chi connectivity index (χ1) is 32.2. The molecule has 392 valence electrons. The third-order valence-electron chi connectivity index (χ3n) is 10.7. The third-order valence-corrected chi connectivity index (χ3v) is 10.7. The van der Waals surface area contributed by atoms with Crippen molar-refractivity contribution in [1.29, 1.82) is 0 Å². The molecule has 0 aromatic carbocycles. The summed E-state index contributed by atoms with van der Waals surface area (Å²) in [6, 6.07) is -10.4. The van der Waals surface area contributed by atoms with Gasteiger partial charge in [0.1, 0.15) is 91.6 Å². The normalized spacial score (nSPS) is 27.1. The second kappa shape index (κ2) is 28.1. The number of nitrogens with one attached hydrogen (secondary N) is 7. The largest absolute Gasteiger partial charge is 0.480 e. The van der Waals surface area contributed by atoms with Gasteiger partial charge in [-0.15, -0.1) is 0 Å². The van der Waals surface area contributed by atoms with Crippen molar-refractivity contribution in [2.75, 3.05) is 19.8 Å². The van der Waals surface area contributed by atoms with Gasteiger partial charge in [0.2, 0.25) is 41.4 Å². The minimum absolute atomic E-state index is 0.0185. The topological polar surface area (TPSA) is 480 Å². The Labute approximate surface area is 393 Å². The number of carboxylic acid groups (broad SMARTS) is 3. The number of nitrogens with two attached hydrogens (primary N) is 1. The number of aliphatic hydroxyl groups excluding tert-OH is 5. The highest BCUT2D eigenvalue weighted by Gasteiger charge is 2.53. The van der Waals surface area contributed by atoms with E-state index in [1.165, 1.54) is 13.8 Å². The second-order valence-corrected chi connectivity index (χ2v) is 16.3. The van der Waals surface area contributed by atoms with Crippen molar-refractivity contribution in [3.63, 3.8) is 0 Å². The smallest absolute Gasteiger partial charge is 0.326 e. The van der Waals surface area contributed by atoms with Gasteiger partial charge in [0.15, 0.2) is 12.6 Å². The molecule has 0 saturated carbocycles. The predicted octanol–water partition coefficient (Wildman–Crippen LogP) is -8.07. The van der Waals surface area contributed by atoms with Gasteiger partial charge in [0.05, 0.1) is 13.2 Å². The van der Waals surface area contributed by atoms with Crippen LogP contribution >= 0.6 is 0 Å². The van der Waals surface area contributed by atoms with Crippen molar-refractivity contribution in [1.82, 2.24) is 37.2 Å². The van der Waals surface area contributed by atoms with Crippen LogP contribution in [0.3, 0.4) is 0 Å². The van der Waals surface area contributed by atoms with E-state index in [4.69, 9.17) is 34.9 Å². The highest BCUT2D eigenvalue weighted by Crippen LogP contribution is 2.31. The number of carbonyl (C=O) groups excluding carboxylic acids is 7. The summed E-state index contributed by atoms with van der Waals surface area (Å²) in [6.45, 7) is 3.18. The van der Waals surface area contributed by atoms with Crippen LogP contribution < -0.4 is 43.0 Å². The van der Waals surface area contributed by atoms with E-state index in [0.29, 0.717) is 0 Å². The van der Waals surface area contributed by atoms with Crippen LogP contribution in [0.15, 0.2) is 0 Å². The summed E-state index contributed by atoms with van der Waals surface area (Å²) in [5, 5.41) is 95.9. The fraction of sp³-hybridized carbons (Fsp3) is 0.744. The molecule has 17 N–H and O–H groups in total. The summed E-state index contributed by atoms with van der Waals surface area (Å²) in [4.78, 5) is 123. The summed E-state index contributed by atoms with van der Waals surface area (Å²) in [5.41, 5.74) is 5.53. The summed E-state index contributed by atoms with van der Waals surface area (Å²) < 4.78 is 23.1. The summed E-state index contributed by atoms with van der Waals surface area (Å²) in [6.07, 6.45) is -16.6. The van der Waals surface area contributed by atoms with E-state index >= 15 is 0 Å². The molecule has 0 aromatic rings. The molecule has 2 saturated heterocycles. The Morgan fingerprint density at radius 2 is 1.22 bits per heavy atom. The molecule has 16 atom stereocenters. The Morgan fingerprint density at radius 1 is 0.638 bits per heavy atom. The lowest BCUT2D eigenvalue weighted by molar-refractivity contribution is -0.333. The Bertz CT molecular complexity index is 1830. The molecule has 0 spiro atoms. The number of amides is 7. The van der Waals surface area contributed by atoms with Crippen LogP contribution in [0.25, 0.3) is 0 Å². The average molecular weight is 997 g/mol. The molecule has 2 aliphatic rings. The van der Waals surface area contributed by atoms with Gasteiger partial charge in [-0.1, -0.05) is 0 Å². The van der Waals surface area contributed by atoms with E-state index < -0.39 is 189 Å². The van der Waals surface area contributed by atoms with Crippen LogP contribution in [0.2, 0.25) is 0 Å². The number of hydrogen-bond donors (Lipinski definition) is 16. The van der Waals surface area contributed by atoms with Crippen LogP contribution in [0.5, 0.6) is 0 Å². The van der Waals surface area contributed by atoms with Crippen molar-refractivity contribution in [2.24, 2.45) is 5.73 Å². The molecule has 0 aliphatic carbocycles. The van der Waals surface area contributed by atoms with E-state index in [1.54, 1.807) is 0 Å². The molecule has 30 heteroatoms. The molecule has 0 radical (unpaired) electrons.